The molecule has 1 saturated heterocycles. The Kier molecular flexibility index (Phi) is 4.99. The average molecular weight is 384 g/mol. The standard InChI is InChI=1S/C19H16N2O3S2/c22-17(11-21-12-20-16-4-2-1-3-15(16)18(21)23)24-14-7-5-13(6-8-14)19-25-9-10-26-19/h1-8,12,19H,9-11H2. The zero-order valence-electron chi connectivity index (χ0n) is 13.8. The van der Waals surface area contributed by atoms with Crippen molar-refractivity contribution in [1.29, 1.82) is 0 Å². The Balaban J connectivity index is 1.45. The monoisotopic (exact) mass is 384 g/mol. The summed E-state index contributed by atoms with van der Waals surface area (Å²) in [6.45, 7) is -0.174. The molecule has 1 fully saturated rings. The lowest BCUT2D eigenvalue weighted by atomic mass is 10.2. The first-order valence-corrected chi connectivity index (χ1v) is 10.3. The van der Waals surface area contributed by atoms with Crippen LogP contribution in [-0.4, -0.2) is 27.0 Å². The van der Waals surface area contributed by atoms with Crippen LogP contribution in [0.2, 0.25) is 0 Å². The number of nitrogens with zero attached hydrogens (tertiary/aromatic N) is 2. The van der Waals surface area contributed by atoms with Gasteiger partial charge in [-0.3, -0.25) is 9.36 Å². The lowest BCUT2D eigenvalue weighted by Gasteiger charge is -2.10. The van der Waals surface area contributed by atoms with E-state index >= 15 is 0 Å². The van der Waals surface area contributed by atoms with Gasteiger partial charge in [-0.05, 0) is 29.8 Å². The van der Waals surface area contributed by atoms with Crippen molar-refractivity contribution in [2.75, 3.05) is 11.5 Å². The van der Waals surface area contributed by atoms with Crippen molar-refractivity contribution in [3.63, 3.8) is 0 Å². The maximum absolute atomic E-state index is 12.4. The third-order valence-corrected chi connectivity index (χ3v) is 7.14. The number of carbonyl (C=O) groups is 1. The molecular formula is C19H16N2O3S2. The minimum absolute atomic E-state index is 0.174. The van der Waals surface area contributed by atoms with Gasteiger partial charge in [0.1, 0.15) is 12.3 Å². The number of aromatic nitrogens is 2. The minimum Gasteiger partial charge on any atom is -0.425 e. The van der Waals surface area contributed by atoms with Gasteiger partial charge in [0.25, 0.3) is 5.56 Å². The molecule has 0 spiro atoms. The Hall–Kier alpha value is -2.25. The average Bonchev–Trinajstić information content (AvgIpc) is 3.20. The Morgan fingerprint density at radius 3 is 2.62 bits per heavy atom. The number of carbonyl (C=O) groups excluding carboxylic acids is 1. The van der Waals surface area contributed by atoms with Gasteiger partial charge in [0, 0.05) is 11.5 Å². The number of hydrogen-bond donors (Lipinski definition) is 0. The van der Waals surface area contributed by atoms with E-state index in [1.54, 1.807) is 30.3 Å². The van der Waals surface area contributed by atoms with Crippen LogP contribution in [0.5, 0.6) is 5.75 Å². The van der Waals surface area contributed by atoms with Crippen LogP contribution in [0.1, 0.15) is 10.1 Å². The maximum atomic E-state index is 12.4. The van der Waals surface area contributed by atoms with Crippen LogP contribution in [0.15, 0.2) is 59.7 Å². The third-order valence-electron chi connectivity index (χ3n) is 4.04. The fraction of sp³-hybridized carbons (Fsp3) is 0.211. The van der Waals surface area contributed by atoms with Crippen molar-refractivity contribution in [2.24, 2.45) is 0 Å². The highest BCUT2D eigenvalue weighted by molar-refractivity contribution is 8.19. The molecule has 7 heteroatoms. The molecule has 3 aromatic rings. The molecule has 26 heavy (non-hydrogen) atoms. The molecule has 0 radical (unpaired) electrons. The molecule has 0 unspecified atom stereocenters. The zero-order chi connectivity index (χ0) is 17.9. The Bertz CT molecular complexity index is 996. The number of fused-ring (bicyclic) bond motifs is 1. The summed E-state index contributed by atoms with van der Waals surface area (Å²) < 4.78 is 7.09. The van der Waals surface area contributed by atoms with Crippen molar-refractivity contribution in [1.82, 2.24) is 9.55 Å². The second-order valence-electron chi connectivity index (χ2n) is 5.81. The van der Waals surface area contributed by atoms with Gasteiger partial charge in [0.2, 0.25) is 0 Å². The van der Waals surface area contributed by atoms with Gasteiger partial charge in [0.05, 0.1) is 21.8 Å². The number of esters is 1. The van der Waals surface area contributed by atoms with Crippen LogP contribution < -0.4 is 10.3 Å². The fourth-order valence-electron chi connectivity index (χ4n) is 2.77. The van der Waals surface area contributed by atoms with E-state index in [2.05, 4.69) is 4.98 Å². The van der Waals surface area contributed by atoms with E-state index < -0.39 is 5.97 Å². The Morgan fingerprint density at radius 1 is 1.12 bits per heavy atom. The number of ether oxygens (including phenoxy) is 1. The first kappa shape index (κ1) is 17.2. The SMILES string of the molecule is O=C(Cn1cnc2ccccc2c1=O)Oc1ccc(C2SCCS2)cc1. The lowest BCUT2D eigenvalue weighted by molar-refractivity contribution is -0.135. The summed E-state index contributed by atoms with van der Waals surface area (Å²) in [6.07, 6.45) is 1.38. The van der Waals surface area contributed by atoms with Crippen molar-refractivity contribution in [3.05, 3.63) is 70.8 Å². The van der Waals surface area contributed by atoms with Crippen LogP contribution in [0.25, 0.3) is 10.9 Å². The highest BCUT2D eigenvalue weighted by atomic mass is 32.2. The molecule has 2 aromatic carbocycles. The summed E-state index contributed by atoms with van der Waals surface area (Å²) in [7, 11) is 0. The molecule has 0 saturated carbocycles. The van der Waals surface area contributed by atoms with E-state index in [-0.39, 0.29) is 12.1 Å². The van der Waals surface area contributed by atoms with Crippen LogP contribution >= 0.6 is 23.5 Å². The number of benzene rings is 2. The number of rotatable bonds is 4. The summed E-state index contributed by atoms with van der Waals surface area (Å²) in [5.41, 5.74) is 1.59. The van der Waals surface area contributed by atoms with Crippen molar-refractivity contribution < 1.29 is 9.53 Å². The Labute approximate surface area is 158 Å². The highest BCUT2D eigenvalue weighted by Crippen LogP contribution is 2.45. The van der Waals surface area contributed by atoms with Crippen molar-refractivity contribution in [2.45, 2.75) is 11.1 Å². The first-order chi connectivity index (χ1) is 12.7. The molecule has 0 N–H and O–H groups in total. The van der Waals surface area contributed by atoms with Gasteiger partial charge in [-0.15, -0.1) is 23.5 Å². The van der Waals surface area contributed by atoms with Gasteiger partial charge in [0.15, 0.2) is 0 Å². The van der Waals surface area contributed by atoms with Gasteiger partial charge in [-0.1, -0.05) is 24.3 Å². The topological polar surface area (TPSA) is 61.2 Å². The molecule has 1 aromatic heterocycles. The van der Waals surface area contributed by atoms with Gasteiger partial charge >= 0.3 is 5.97 Å². The van der Waals surface area contributed by atoms with E-state index in [1.807, 2.05) is 41.7 Å². The van der Waals surface area contributed by atoms with E-state index in [9.17, 15) is 9.59 Å². The molecule has 132 valence electrons. The largest absolute Gasteiger partial charge is 0.425 e. The molecular weight excluding hydrogens is 368 g/mol. The summed E-state index contributed by atoms with van der Waals surface area (Å²) in [5.74, 6) is 2.32. The van der Waals surface area contributed by atoms with Gasteiger partial charge < -0.3 is 4.74 Å². The van der Waals surface area contributed by atoms with E-state index in [1.165, 1.54) is 28.0 Å². The molecule has 0 amide bonds. The Morgan fingerprint density at radius 2 is 1.85 bits per heavy atom. The van der Waals surface area contributed by atoms with E-state index in [4.69, 9.17) is 4.74 Å². The first-order valence-electron chi connectivity index (χ1n) is 8.19. The van der Waals surface area contributed by atoms with Crippen LogP contribution in [0, 0.1) is 0 Å². The smallest absolute Gasteiger partial charge is 0.331 e. The molecule has 0 bridgehead atoms. The van der Waals surface area contributed by atoms with Crippen molar-refractivity contribution >= 4 is 40.4 Å². The second-order valence-corrected chi connectivity index (χ2v) is 8.54. The number of hydrogen-bond acceptors (Lipinski definition) is 6. The molecule has 4 rings (SSSR count). The predicted octanol–water partition coefficient (Wildman–Crippen LogP) is 3.48. The molecule has 0 aliphatic carbocycles. The fourth-order valence-corrected chi connectivity index (χ4v) is 5.62. The highest BCUT2D eigenvalue weighted by Gasteiger charge is 2.18. The minimum atomic E-state index is -0.499. The van der Waals surface area contributed by atoms with E-state index in [0.29, 0.717) is 21.2 Å². The van der Waals surface area contributed by atoms with E-state index in [0.717, 1.165) is 0 Å². The number of para-hydroxylation sites is 1. The zero-order valence-corrected chi connectivity index (χ0v) is 15.5. The van der Waals surface area contributed by atoms with Crippen molar-refractivity contribution in [3.8, 4) is 5.75 Å². The second kappa shape index (κ2) is 7.55. The molecule has 2 heterocycles. The van der Waals surface area contributed by atoms with Gasteiger partial charge in [-0.2, -0.15) is 0 Å². The summed E-state index contributed by atoms with van der Waals surface area (Å²) in [5, 5.41) is 0.485. The normalized spacial score (nSPS) is 14.6. The summed E-state index contributed by atoms with van der Waals surface area (Å²) in [4.78, 5) is 28.8. The van der Waals surface area contributed by atoms with Crippen LogP contribution in [0.3, 0.4) is 0 Å². The predicted molar refractivity (Wildman–Crippen MR) is 106 cm³/mol. The summed E-state index contributed by atoms with van der Waals surface area (Å²) >= 11 is 3.86. The molecule has 0 atom stereocenters. The number of thioether (sulfide) groups is 2. The summed E-state index contributed by atoms with van der Waals surface area (Å²) in [6, 6.07) is 14.6. The van der Waals surface area contributed by atoms with Crippen LogP contribution in [-0.2, 0) is 11.3 Å². The molecule has 5 nitrogen and oxygen atoms in total. The quantitative estimate of drug-likeness (QED) is 0.507. The van der Waals surface area contributed by atoms with Gasteiger partial charge in [-0.25, -0.2) is 9.78 Å². The maximum Gasteiger partial charge on any atom is 0.331 e. The van der Waals surface area contributed by atoms with Crippen LogP contribution in [0.4, 0.5) is 0 Å². The third kappa shape index (κ3) is 3.64. The lowest BCUT2D eigenvalue weighted by Crippen LogP contribution is -2.26. The molecule has 1 aliphatic rings. The molecule has 1 aliphatic heterocycles.